The number of alkyl carbamates (subject to hydrolysis) is 3. The zero-order valence-electron chi connectivity index (χ0n) is 53.6. The zero-order valence-corrected chi connectivity index (χ0v) is 53.6. The van der Waals surface area contributed by atoms with Crippen LogP contribution in [-0.2, 0) is 47.9 Å². The number of H-pyrrole nitrogens is 1. The van der Waals surface area contributed by atoms with Crippen LogP contribution in [0.5, 0.6) is 11.5 Å². The number of aromatic amines is 1. The summed E-state index contributed by atoms with van der Waals surface area (Å²) in [5.74, 6) is -0.711. The Morgan fingerprint density at radius 1 is 0.593 bits per heavy atom. The van der Waals surface area contributed by atoms with Crippen LogP contribution in [0.4, 0.5) is 14.4 Å². The molecule has 0 saturated carbocycles. The van der Waals surface area contributed by atoms with E-state index in [2.05, 4.69) is 41.9 Å². The van der Waals surface area contributed by atoms with Crippen LogP contribution in [0.25, 0.3) is 10.9 Å². The second kappa shape index (κ2) is 31.8. The number of rotatable bonds is 27. The van der Waals surface area contributed by atoms with Gasteiger partial charge >= 0.3 is 18.3 Å². The molecule has 4 atom stereocenters. The van der Waals surface area contributed by atoms with Gasteiger partial charge in [-0.05, 0) is 196 Å². The highest BCUT2D eigenvalue weighted by Gasteiger charge is 2.42. The van der Waals surface area contributed by atoms with E-state index in [0.29, 0.717) is 55.6 Å². The molecular formula is C65H99N9O12. The van der Waals surface area contributed by atoms with Crippen molar-refractivity contribution in [3.63, 3.8) is 0 Å². The minimum Gasteiger partial charge on any atom is -0.488 e. The van der Waals surface area contributed by atoms with Crippen molar-refractivity contribution in [1.82, 2.24) is 36.9 Å². The number of fused-ring (bicyclic) bond motifs is 1. The third-order valence-electron chi connectivity index (χ3n) is 12.7. The van der Waals surface area contributed by atoms with Crippen LogP contribution in [0.1, 0.15) is 172 Å². The second-order valence-corrected chi connectivity index (χ2v) is 26.8. The molecule has 0 aliphatic carbocycles. The number of aliphatic hydroxyl groups excluding tert-OH is 1. The fourth-order valence-electron chi connectivity index (χ4n) is 9.11. The van der Waals surface area contributed by atoms with E-state index in [4.69, 9.17) is 29.4 Å². The maximum Gasteiger partial charge on any atom is 0.414 e. The molecule has 1 heterocycles. The van der Waals surface area contributed by atoms with E-state index in [0.717, 1.165) is 22.0 Å². The number of carbonyl (C=O) groups is 6. The highest BCUT2D eigenvalue weighted by Crippen LogP contribution is 2.27. The van der Waals surface area contributed by atoms with Gasteiger partial charge in [0.1, 0.15) is 51.1 Å². The van der Waals surface area contributed by atoms with E-state index < -0.39 is 94.3 Å². The van der Waals surface area contributed by atoms with Crippen molar-refractivity contribution >= 4 is 52.9 Å². The Balaban J connectivity index is 1.73. The summed E-state index contributed by atoms with van der Waals surface area (Å²) in [6, 6.07) is 19.3. The number of aliphatic imine (C=N–C) groups is 1. The third kappa shape index (κ3) is 27.3. The largest absolute Gasteiger partial charge is 0.488 e. The van der Waals surface area contributed by atoms with Gasteiger partial charge in [-0.25, -0.2) is 14.4 Å². The minimum absolute atomic E-state index is 0.0276. The molecule has 86 heavy (non-hydrogen) atoms. The van der Waals surface area contributed by atoms with Gasteiger partial charge in [-0.3, -0.25) is 30.0 Å². The number of aromatic nitrogens is 1. The maximum absolute atomic E-state index is 15.7. The molecule has 4 aromatic rings. The number of ether oxygens (including phenoxy) is 5. The number of amides is 6. The summed E-state index contributed by atoms with van der Waals surface area (Å²) in [6.45, 7) is 27.2. The first-order valence-electron chi connectivity index (χ1n) is 29.9. The van der Waals surface area contributed by atoms with Gasteiger partial charge in [0.25, 0.3) is 0 Å². The van der Waals surface area contributed by atoms with Crippen LogP contribution < -0.4 is 47.1 Å². The first kappa shape index (κ1) is 71.1. The zero-order chi connectivity index (χ0) is 64.1. The monoisotopic (exact) mass is 1200 g/mol. The lowest BCUT2D eigenvalue weighted by atomic mass is 9.83. The highest BCUT2D eigenvalue weighted by molar-refractivity contribution is 6.01. The van der Waals surface area contributed by atoms with Crippen LogP contribution >= 0.6 is 0 Å². The molecule has 0 saturated heterocycles. The molecule has 476 valence electrons. The smallest absolute Gasteiger partial charge is 0.414 e. The lowest BCUT2D eigenvalue weighted by Gasteiger charge is -2.36. The topological polar surface area (TPSA) is 295 Å². The Bertz CT molecular complexity index is 2820. The highest BCUT2D eigenvalue weighted by atomic mass is 16.6. The Morgan fingerprint density at radius 3 is 1.67 bits per heavy atom. The Morgan fingerprint density at radius 2 is 1.13 bits per heavy atom. The van der Waals surface area contributed by atoms with E-state index in [1.54, 1.807) is 74.4 Å². The number of nitrogens with two attached hydrogens (primary N) is 1. The first-order chi connectivity index (χ1) is 40.0. The lowest BCUT2D eigenvalue weighted by molar-refractivity contribution is -0.137. The first-order valence-corrected chi connectivity index (χ1v) is 29.9. The minimum atomic E-state index is -1.72. The normalized spacial score (nSPS) is 13.8. The van der Waals surface area contributed by atoms with Crippen LogP contribution in [0.3, 0.4) is 0 Å². The number of nitrogens with one attached hydrogen (secondary N) is 7. The van der Waals surface area contributed by atoms with Gasteiger partial charge in [0, 0.05) is 36.6 Å². The quantitative estimate of drug-likeness (QED) is 0.0116. The van der Waals surface area contributed by atoms with Gasteiger partial charge in [-0.15, -0.1) is 0 Å². The van der Waals surface area contributed by atoms with Gasteiger partial charge in [0.05, 0.1) is 18.7 Å². The number of hydrogen-bond donors (Lipinski definition) is 9. The summed E-state index contributed by atoms with van der Waals surface area (Å²) < 4.78 is 28.4. The number of unbranched alkanes of at least 4 members (excludes halogenated alkanes) is 4. The van der Waals surface area contributed by atoms with Crippen molar-refractivity contribution in [2.45, 2.75) is 226 Å². The molecule has 21 heteroatoms. The predicted octanol–water partition coefficient (Wildman–Crippen LogP) is 9.75. The number of guanidine groups is 1. The van der Waals surface area contributed by atoms with Crippen LogP contribution in [0.15, 0.2) is 84.0 Å². The number of nitrogens with zero attached hydrogens (tertiary/aromatic N) is 1. The predicted molar refractivity (Wildman–Crippen MR) is 335 cm³/mol. The Kier molecular flexibility index (Phi) is 26.3. The third-order valence-corrected chi connectivity index (χ3v) is 12.7. The van der Waals surface area contributed by atoms with Crippen molar-refractivity contribution in [3.05, 3.63) is 95.7 Å². The van der Waals surface area contributed by atoms with Crippen molar-refractivity contribution in [1.29, 1.82) is 0 Å². The summed E-state index contributed by atoms with van der Waals surface area (Å²) in [4.78, 5) is 91.1. The fraction of sp³-hybridized carbons (Fsp3) is 0.585. The molecule has 0 unspecified atom stereocenters. The fourth-order valence-corrected chi connectivity index (χ4v) is 9.11. The van der Waals surface area contributed by atoms with Crippen molar-refractivity contribution in [3.8, 4) is 11.5 Å². The molecule has 21 nitrogen and oxygen atoms in total. The number of carbonyl (C=O) groups excluding carboxylic acids is 6. The lowest BCUT2D eigenvalue weighted by Crippen LogP contribution is -2.65. The van der Waals surface area contributed by atoms with Crippen LogP contribution in [0.2, 0.25) is 0 Å². The maximum atomic E-state index is 15.7. The summed E-state index contributed by atoms with van der Waals surface area (Å²) >= 11 is 0. The molecule has 0 radical (unpaired) electrons. The standard InChI is InChI=1S/C65H99N9O12/c1-60(2,3)82-47-31-27-43(28-32-47)38-50(66)53(76)74-65(40-44-29-33-48(34-30-44)83-61(4,5)6,35-21-16-17-22-36-67-56(72-58(80)85-63(10,11)12)73-59(81)86-64(13,14)15)55(78)71-52(26-20-23-37-68-57(79)84-62(7,8)9)54(77)70-46(42-75)39-45-41-69-51-25-19-18-24-49(45)51/h18-19,24-25,27-34,41,46,50,52,69,75H,16-17,20-23,26,35-40,42,66H2,1-15H3,(H,68,79)(H,70,77)(H,71,78)(H,74,76)(H2,67,72,73,80,81)/t46-,50-,52-,65-/m0/s1. The van der Waals surface area contributed by atoms with E-state index in [1.165, 1.54) is 0 Å². The molecule has 0 fully saturated rings. The Labute approximate surface area is 509 Å². The summed E-state index contributed by atoms with van der Waals surface area (Å²) in [6.07, 6.45) is 2.92. The summed E-state index contributed by atoms with van der Waals surface area (Å²) in [7, 11) is 0. The van der Waals surface area contributed by atoms with Crippen molar-refractivity contribution in [2.75, 3.05) is 19.7 Å². The molecular weight excluding hydrogens is 1100 g/mol. The van der Waals surface area contributed by atoms with Gasteiger partial charge in [-0.2, -0.15) is 0 Å². The number of para-hydroxylation sites is 1. The number of aliphatic hydroxyl groups is 1. The van der Waals surface area contributed by atoms with E-state index in [-0.39, 0.29) is 51.2 Å². The number of hydrogen-bond acceptors (Lipinski definition) is 14. The summed E-state index contributed by atoms with van der Waals surface area (Å²) in [5, 5.41) is 28.6. The van der Waals surface area contributed by atoms with Gasteiger partial charge in [0.15, 0.2) is 0 Å². The molecule has 3 aromatic carbocycles. The van der Waals surface area contributed by atoms with Crippen LogP contribution in [-0.4, -0.2) is 123 Å². The Hall–Kier alpha value is -7.39. The van der Waals surface area contributed by atoms with E-state index in [1.807, 2.05) is 108 Å². The average Bonchev–Trinajstić information content (AvgIpc) is 2.15. The molecule has 0 aliphatic rings. The molecule has 4 rings (SSSR count). The van der Waals surface area contributed by atoms with Crippen molar-refractivity contribution in [2.24, 2.45) is 10.7 Å². The molecule has 1 aromatic heterocycles. The van der Waals surface area contributed by atoms with Gasteiger partial charge < -0.3 is 60.8 Å². The molecule has 6 amide bonds. The SMILES string of the molecule is CC(C)(C)OC(=O)NCCCC[C@H](NC(=O)[C@](CCCCCCN=C(NC(=O)OC(C)(C)C)NC(=O)OC(C)(C)C)(Cc1ccc(OC(C)(C)C)cc1)NC(=O)[C@@H](N)Cc1ccc(OC(C)(C)C)cc1)C(=O)N[C@H](CO)Cc1c[nH]c2ccccc12. The average molecular weight is 1200 g/mol. The molecule has 0 aliphatic heterocycles. The van der Waals surface area contributed by atoms with E-state index in [9.17, 15) is 29.1 Å². The van der Waals surface area contributed by atoms with Crippen molar-refractivity contribution < 1.29 is 57.6 Å². The summed E-state index contributed by atoms with van der Waals surface area (Å²) in [5.41, 5.74) is 4.97. The molecule has 0 bridgehead atoms. The number of benzene rings is 3. The van der Waals surface area contributed by atoms with E-state index >= 15 is 4.79 Å². The van der Waals surface area contributed by atoms with Crippen LogP contribution in [0, 0.1) is 0 Å². The van der Waals surface area contributed by atoms with Gasteiger partial charge in [0.2, 0.25) is 23.7 Å². The van der Waals surface area contributed by atoms with Gasteiger partial charge in [-0.1, -0.05) is 61.7 Å². The molecule has 10 N–H and O–H groups in total. The second-order valence-electron chi connectivity index (χ2n) is 26.8. The molecule has 0 spiro atoms.